The van der Waals surface area contributed by atoms with Gasteiger partial charge in [0.15, 0.2) is 0 Å². The molecule has 0 spiro atoms. The fourth-order valence-corrected chi connectivity index (χ4v) is 2.86. The van der Waals surface area contributed by atoms with E-state index in [0.29, 0.717) is 12.5 Å². The maximum atomic E-state index is 12.5. The number of nitriles is 1. The molecule has 21 heavy (non-hydrogen) atoms. The van der Waals surface area contributed by atoms with Gasteiger partial charge in [0, 0.05) is 19.1 Å². The minimum Gasteiger partial charge on any atom is -0.341 e. The van der Waals surface area contributed by atoms with Crippen molar-refractivity contribution in [3.05, 3.63) is 35.9 Å². The van der Waals surface area contributed by atoms with E-state index in [2.05, 4.69) is 25.1 Å². The molecule has 0 bridgehead atoms. The van der Waals surface area contributed by atoms with Crippen molar-refractivity contribution in [3.63, 3.8) is 0 Å². The summed E-state index contributed by atoms with van der Waals surface area (Å²) in [5.74, 6) is -0.582. The number of nitrogens with zero attached hydrogens (tertiary/aromatic N) is 3. The maximum Gasteiger partial charge on any atom is 0.240 e. The van der Waals surface area contributed by atoms with Crippen molar-refractivity contribution >= 4 is 5.91 Å². The monoisotopic (exact) mass is 285 g/mol. The molecular weight excluding hydrogens is 262 g/mol. The van der Waals surface area contributed by atoms with E-state index in [1.54, 1.807) is 0 Å². The lowest BCUT2D eigenvalue weighted by atomic mass is 9.97. The van der Waals surface area contributed by atoms with Gasteiger partial charge in [-0.15, -0.1) is 0 Å². The Morgan fingerprint density at radius 1 is 1.33 bits per heavy atom. The third kappa shape index (κ3) is 4.05. The highest BCUT2D eigenvalue weighted by molar-refractivity contribution is 5.81. The molecule has 1 fully saturated rings. The molecule has 0 aromatic heterocycles. The van der Waals surface area contributed by atoms with Crippen LogP contribution < -0.4 is 0 Å². The van der Waals surface area contributed by atoms with Gasteiger partial charge in [-0.05, 0) is 38.9 Å². The van der Waals surface area contributed by atoms with Crippen LogP contribution in [0.15, 0.2) is 30.3 Å². The smallest absolute Gasteiger partial charge is 0.240 e. The number of carbonyl (C=O) groups excluding carboxylic acids is 1. The Morgan fingerprint density at radius 2 is 1.95 bits per heavy atom. The van der Waals surface area contributed by atoms with Crippen LogP contribution in [0.3, 0.4) is 0 Å². The van der Waals surface area contributed by atoms with Crippen molar-refractivity contribution in [2.75, 3.05) is 27.2 Å². The fourth-order valence-electron chi connectivity index (χ4n) is 2.86. The van der Waals surface area contributed by atoms with Crippen LogP contribution in [-0.2, 0) is 11.2 Å². The van der Waals surface area contributed by atoms with Crippen LogP contribution in [0.2, 0.25) is 0 Å². The highest BCUT2D eigenvalue weighted by Crippen LogP contribution is 2.18. The summed E-state index contributed by atoms with van der Waals surface area (Å²) in [4.78, 5) is 16.6. The molecule has 0 aliphatic carbocycles. The van der Waals surface area contributed by atoms with E-state index >= 15 is 0 Å². The third-order valence-electron chi connectivity index (χ3n) is 4.24. The number of piperidine rings is 1. The Labute approximate surface area is 127 Å². The first-order chi connectivity index (χ1) is 10.1. The van der Waals surface area contributed by atoms with Crippen molar-refractivity contribution in [2.24, 2.45) is 5.92 Å². The summed E-state index contributed by atoms with van der Waals surface area (Å²) in [6, 6.07) is 12.5. The second kappa shape index (κ2) is 7.24. The van der Waals surface area contributed by atoms with Gasteiger partial charge >= 0.3 is 0 Å². The van der Waals surface area contributed by atoms with Gasteiger partial charge < -0.3 is 9.80 Å². The summed E-state index contributed by atoms with van der Waals surface area (Å²) in [7, 11) is 4.16. The number of carbonyl (C=O) groups is 1. The average molecular weight is 285 g/mol. The van der Waals surface area contributed by atoms with Crippen LogP contribution >= 0.6 is 0 Å². The summed E-state index contributed by atoms with van der Waals surface area (Å²) in [5.41, 5.74) is 1.04. The number of amides is 1. The molecule has 1 amide bonds. The molecule has 112 valence electrons. The number of likely N-dealkylation sites (tertiary alicyclic amines) is 1. The van der Waals surface area contributed by atoms with Crippen LogP contribution in [0.5, 0.6) is 0 Å². The van der Waals surface area contributed by atoms with E-state index in [9.17, 15) is 10.1 Å². The number of hydrogen-bond acceptors (Lipinski definition) is 3. The van der Waals surface area contributed by atoms with Crippen LogP contribution in [0.25, 0.3) is 0 Å². The lowest BCUT2D eigenvalue weighted by Gasteiger charge is -2.36. The van der Waals surface area contributed by atoms with Crippen molar-refractivity contribution in [3.8, 4) is 6.07 Å². The summed E-state index contributed by atoms with van der Waals surface area (Å²) >= 11 is 0. The highest BCUT2D eigenvalue weighted by atomic mass is 16.2. The topological polar surface area (TPSA) is 47.3 Å². The van der Waals surface area contributed by atoms with E-state index in [4.69, 9.17) is 0 Å². The van der Waals surface area contributed by atoms with Crippen molar-refractivity contribution in [1.29, 1.82) is 5.26 Å². The zero-order valence-electron chi connectivity index (χ0n) is 12.8. The van der Waals surface area contributed by atoms with Crippen LogP contribution in [0.4, 0.5) is 0 Å². The predicted molar refractivity (Wildman–Crippen MR) is 82.5 cm³/mol. The molecule has 1 saturated heterocycles. The standard InChI is InChI=1S/C17H23N3O/c1-19(2)16-8-10-20(11-9-16)17(21)15(13-18)12-14-6-4-3-5-7-14/h3-7,15-16H,8-12H2,1-2H3. The number of benzene rings is 1. The first-order valence-electron chi connectivity index (χ1n) is 7.50. The molecule has 1 unspecified atom stereocenters. The van der Waals surface area contributed by atoms with Gasteiger partial charge in [0.2, 0.25) is 5.91 Å². The molecule has 1 aliphatic heterocycles. The summed E-state index contributed by atoms with van der Waals surface area (Å²) < 4.78 is 0. The molecule has 1 atom stereocenters. The molecule has 0 radical (unpaired) electrons. The summed E-state index contributed by atoms with van der Waals surface area (Å²) in [5, 5.41) is 9.32. The fraction of sp³-hybridized carbons (Fsp3) is 0.529. The molecule has 0 N–H and O–H groups in total. The maximum absolute atomic E-state index is 12.5. The lowest BCUT2D eigenvalue weighted by molar-refractivity contribution is -0.135. The minimum absolute atomic E-state index is 0.0152. The van der Waals surface area contributed by atoms with Gasteiger partial charge in [0.05, 0.1) is 6.07 Å². The van der Waals surface area contributed by atoms with Gasteiger partial charge in [-0.3, -0.25) is 4.79 Å². The second-order valence-corrected chi connectivity index (χ2v) is 5.89. The third-order valence-corrected chi connectivity index (χ3v) is 4.24. The highest BCUT2D eigenvalue weighted by Gasteiger charge is 2.28. The van der Waals surface area contributed by atoms with Gasteiger partial charge in [-0.1, -0.05) is 30.3 Å². The Balaban J connectivity index is 1.94. The molecule has 4 nitrogen and oxygen atoms in total. The van der Waals surface area contributed by atoms with Crippen molar-refractivity contribution in [1.82, 2.24) is 9.80 Å². The molecule has 4 heteroatoms. The van der Waals surface area contributed by atoms with Gasteiger partial charge in [-0.25, -0.2) is 0 Å². The van der Waals surface area contributed by atoms with Crippen molar-refractivity contribution in [2.45, 2.75) is 25.3 Å². The first-order valence-corrected chi connectivity index (χ1v) is 7.50. The van der Waals surface area contributed by atoms with E-state index in [1.165, 1.54) is 0 Å². The van der Waals surface area contributed by atoms with Crippen LogP contribution in [0, 0.1) is 17.2 Å². The molecular formula is C17H23N3O. The zero-order valence-corrected chi connectivity index (χ0v) is 12.8. The Bertz CT molecular complexity index is 499. The van der Waals surface area contributed by atoms with Crippen LogP contribution in [0.1, 0.15) is 18.4 Å². The molecule has 1 aromatic carbocycles. The Morgan fingerprint density at radius 3 is 2.48 bits per heavy atom. The molecule has 0 saturated carbocycles. The Hall–Kier alpha value is -1.86. The molecule has 2 rings (SSSR count). The molecule has 1 heterocycles. The van der Waals surface area contributed by atoms with Crippen LogP contribution in [-0.4, -0.2) is 48.9 Å². The summed E-state index contributed by atoms with van der Waals surface area (Å²) in [6.45, 7) is 1.52. The molecule has 1 aliphatic rings. The number of rotatable bonds is 4. The minimum atomic E-state index is -0.566. The molecule has 1 aromatic rings. The summed E-state index contributed by atoms with van der Waals surface area (Å²) in [6.07, 6.45) is 2.48. The largest absolute Gasteiger partial charge is 0.341 e. The quantitative estimate of drug-likeness (QED) is 0.849. The van der Waals surface area contributed by atoms with Gasteiger partial charge in [0.25, 0.3) is 0 Å². The van der Waals surface area contributed by atoms with Gasteiger partial charge in [0.1, 0.15) is 5.92 Å². The normalized spacial score (nSPS) is 17.5. The second-order valence-electron chi connectivity index (χ2n) is 5.89. The van der Waals surface area contributed by atoms with E-state index in [-0.39, 0.29) is 5.91 Å². The number of hydrogen-bond donors (Lipinski definition) is 0. The van der Waals surface area contributed by atoms with Crippen molar-refractivity contribution < 1.29 is 4.79 Å². The predicted octanol–water partition coefficient (Wildman–Crippen LogP) is 1.92. The Kier molecular flexibility index (Phi) is 5.35. The van der Waals surface area contributed by atoms with E-state index in [0.717, 1.165) is 31.5 Å². The lowest BCUT2D eigenvalue weighted by Crippen LogP contribution is -2.46. The first kappa shape index (κ1) is 15.5. The SMILES string of the molecule is CN(C)C1CCN(C(=O)C(C#N)Cc2ccccc2)CC1. The van der Waals surface area contributed by atoms with Gasteiger partial charge in [-0.2, -0.15) is 5.26 Å². The average Bonchev–Trinajstić information content (AvgIpc) is 2.53. The van der Waals surface area contributed by atoms with E-state index < -0.39 is 5.92 Å². The zero-order chi connectivity index (χ0) is 15.2. The van der Waals surface area contributed by atoms with E-state index in [1.807, 2.05) is 35.2 Å².